The Balaban J connectivity index is 1.61. The van der Waals surface area contributed by atoms with Crippen LogP contribution >= 0.6 is 0 Å². The quantitative estimate of drug-likeness (QED) is 0.261. The van der Waals surface area contributed by atoms with Gasteiger partial charge in [-0.25, -0.2) is 4.79 Å². The predicted octanol–water partition coefficient (Wildman–Crippen LogP) is 5.08. The van der Waals surface area contributed by atoms with Crippen LogP contribution in [0.4, 0.5) is 4.79 Å². The van der Waals surface area contributed by atoms with E-state index in [1.54, 1.807) is 57.2 Å². The van der Waals surface area contributed by atoms with Crippen LogP contribution in [0.25, 0.3) is 0 Å². The lowest BCUT2D eigenvalue weighted by molar-refractivity contribution is -0.177. The standard InChI is InChI=1S/C31H33NO8/c1-19(30(34)35)27-26(20(2)40-31(36)39-18-21-8-6-5-7-9-21)29(33)32(27)28(22-10-14-24(37-3)15-11-22)23-12-16-25(38-4)17-13-23/h5-17,19-20,26-28H,18H2,1-4H3,(H,34,35)/t19?,20-,26-,27-/m1/s1. The Morgan fingerprint density at radius 2 is 1.38 bits per heavy atom. The summed E-state index contributed by atoms with van der Waals surface area (Å²) in [6.45, 7) is 3.16. The third kappa shape index (κ3) is 6.03. The minimum Gasteiger partial charge on any atom is -0.497 e. The number of amides is 1. The Morgan fingerprint density at radius 3 is 1.85 bits per heavy atom. The summed E-state index contributed by atoms with van der Waals surface area (Å²) in [5.41, 5.74) is 2.34. The van der Waals surface area contributed by atoms with Gasteiger partial charge in [-0.3, -0.25) is 9.59 Å². The molecule has 9 heteroatoms. The fourth-order valence-corrected chi connectivity index (χ4v) is 5.09. The maximum Gasteiger partial charge on any atom is 0.508 e. The SMILES string of the molecule is COc1ccc(C(c2ccc(OC)cc2)N2C(=O)[C@H]([C@@H](C)OC(=O)OCc3ccccc3)[C@H]2C(C)C(=O)O)cc1. The second kappa shape index (κ2) is 12.5. The highest BCUT2D eigenvalue weighted by atomic mass is 16.7. The third-order valence-electron chi connectivity index (χ3n) is 7.26. The molecule has 1 fully saturated rings. The number of β-lactam (4-membered cyclic amide) rings is 1. The van der Waals surface area contributed by atoms with Crippen molar-refractivity contribution in [2.45, 2.75) is 38.6 Å². The Bertz CT molecular complexity index is 1260. The predicted molar refractivity (Wildman–Crippen MR) is 146 cm³/mol. The number of ether oxygens (including phenoxy) is 4. The fraction of sp³-hybridized carbons (Fsp3) is 0.323. The van der Waals surface area contributed by atoms with Crippen molar-refractivity contribution >= 4 is 18.0 Å². The molecule has 0 saturated carbocycles. The molecule has 4 rings (SSSR count). The molecule has 1 aliphatic heterocycles. The van der Waals surface area contributed by atoms with Gasteiger partial charge in [0.25, 0.3) is 0 Å². The average molecular weight is 548 g/mol. The number of likely N-dealkylation sites (tertiary alicyclic amines) is 1. The van der Waals surface area contributed by atoms with Crippen molar-refractivity contribution in [3.8, 4) is 11.5 Å². The number of benzene rings is 3. The molecule has 1 amide bonds. The van der Waals surface area contributed by atoms with E-state index in [0.29, 0.717) is 11.5 Å². The van der Waals surface area contributed by atoms with Crippen LogP contribution in [0.2, 0.25) is 0 Å². The van der Waals surface area contributed by atoms with Crippen molar-refractivity contribution in [3.05, 3.63) is 95.6 Å². The van der Waals surface area contributed by atoms with E-state index in [9.17, 15) is 19.5 Å². The van der Waals surface area contributed by atoms with Crippen LogP contribution in [0.5, 0.6) is 11.5 Å². The molecule has 0 spiro atoms. The molecule has 1 aliphatic rings. The molecule has 1 N–H and O–H groups in total. The zero-order chi connectivity index (χ0) is 28.8. The number of nitrogens with zero attached hydrogens (tertiary/aromatic N) is 1. The summed E-state index contributed by atoms with van der Waals surface area (Å²) < 4.78 is 21.3. The molecule has 1 unspecified atom stereocenters. The molecular formula is C31H33NO8. The molecule has 40 heavy (non-hydrogen) atoms. The molecule has 4 atom stereocenters. The van der Waals surface area contributed by atoms with E-state index in [0.717, 1.165) is 16.7 Å². The Kier molecular flexibility index (Phi) is 8.93. The molecule has 9 nitrogen and oxygen atoms in total. The van der Waals surface area contributed by atoms with Gasteiger partial charge in [-0.05, 0) is 54.8 Å². The van der Waals surface area contributed by atoms with Crippen LogP contribution in [0, 0.1) is 11.8 Å². The lowest BCUT2D eigenvalue weighted by atomic mass is 9.74. The number of aliphatic carboxylic acids is 1. The highest BCUT2D eigenvalue weighted by Crippen LogP contribution is 2.45. The Hall–Kier alpha value is -4.53. The first kappa shape index (κ1) is 28.5. The zero-order valence-corrected chi connectivity index (χ0v) is 22.9. The molecule has 210 valence electrons. The van der Waals surface area contributed by atoms with Gasteiger partial charge in [0.1, 0.15) is 24.2 Å². The summed E-state index contributed by atoms with van der Waals surface area (Å²) >= 11 is 0. The number of hydrogen-bond acceptors (Lipinski definition) is 7. The van der Waals surface area contributed by atoms with Gasteiger partial charge in [0.15, 0.2) is 0 Å². The first-order chi connectivity index (χ1) is 19.2. The first-order valence-corrected chi connectivity index (χ1v) is 12.9. The molecule has 0 radical (unpaired) electrons. The number of methoxy groups -OCH3 is 2. The van der Waals surface area contributed by atoms with Crippen LogP contribution in [0.15, 0.2) is 78.9 Å². The number of rotatable bonds is 11. The van der Waals surface area contributed by atoms with Gasteiger partial charge in [-0.2, -0.15) is 0 Å². The topological polar surface area (TPSA) is 112 Å². The minimum absolute atomic E-state index is 0.0170. The van der Waals surface area contributed by atoms with Crippen LogP contribution < -0.4 is 9.47 Å². The maximum absolute atomic E-state index is 13.8. The summed E-state index contributed by atoms with van der Waals surface area (Å²) in [4.78, 5) is 40.0. The van der Waals surface area contributed by atoms with E-state index in [-0.39, 0.29) is 12.5 Å². The monoisotopic (exact) mass is 547 g/mol. The molecule has 1 heterocycles. The molecule has 0 bridgehead atoms. The van der Waals surface area contributed by atoms with E-state index in [4.69, 9.17) is 18.9 Å². The van der Waals surface area contributed by atoms with Crippen molar-refractivity contribution in [3.63, 3.8) is 0 Å². The van der Waals surface area contributed by atoms with Crippen molar-refractivity contribution in [1.29, 1.82) is 0 Å². The fourth-order valence-electron chi connectivity index (χ4n) is 5.09. The summed E-state index contributed by atoms with van der Waals surface area (Å²) in [5.74, 6) is -1.89. The second-order valence-corrected chi connectivity index (χ2v) is 9.68. The normalized spacial score (nSPS) is 17.9. The molecular weight excluding hydrogens is 514 g/mol. The van der Waals surface area contributed by atoms with Crippen molar-refractivity contribution < 1.29 is 38.4 Å². The van der Waals surface area contributed by atoms with E-state index in [2.05, 4.69) is 0 Å². The summed E-state index contributed by atoms with van der Waals surface area (Å²) in [5, 5.41) is 9.97. The first-order valence-electron chi connectivity index (χ1n) is 12.9. The smallest absolute Gasteiger partial charge is 0.497 e. The highest BCUT2D eigenvalue weighted by molar-refractivity contribution is 5.90. The van der Waals surface area contributed by atoms with E-state index >= 15 is 0 Å². The molecule has 0 aromatic heterocycles. The van der Waals surface area contributed by atoms with Gasteiger partial charge in [-0.15, -0.1) is 0 Å². The van der Waals surface area contributed by atoms with Crippen LogP contribution in [0.1, 0.15) is 36.6 Å². The van der Waals surface area contributed by atoms with Gasteiger partial charge in [-0.1, -0.05) is 54.6 Å². The van der Waals surface area contributed by atoms with Gasteiger partial charge < -0.3 is 29.0 Å². The average Bonchev–Trinajstić information content (AvgIpc) is 2.97. The van der Waals surface area contributed by atoms with Crippen molar-refractivity contribution in [1.82, 2.24) is 4.90 Å². The van der Waals surface area contributed by atoms with Crippen molar-refractivity contribution in [2.75, 3.05) is 14.2 Å². The molecule has 3 aromatic carbocycles. The largest absolute Gasteiger partial charge is 0.508 e. The van der Waals surface area contributed by atoms with Crippen LogP contribution in [-0.4, -0.2) is 54.4 Å². The number of carbonyl (C=O) groups excluding carboxylic acids is 2. The second-order valence-electron chi connectivity index (χ2n) is 9.68. The Labute approximate surface area is 233 Å². The number of carbonyl (C=O) groups is 3. The van der Waals surface area contributed by atoms with Gasteiger partial charge >= 0.3 is 12.1 Å². The minimum atomic E-state index is -1.06. The number of carboxylic acid groups (broad SMARTS) is 1. The summed E-state index contributed by atoms with van der Waals surface area (Å²) in [6, 6.07) is 22.3. The Morgan fingerprint density at radius 1 is 0.850 bits per heavy atom. The van der Waals surface area contributed by atoms with Crippen LogP contribution in [-0.2, 0) is 25.7 Å². The van der Waals surface area contributed by atoms with E-state index in [1.807, 2.05) is 54.6 Å². The molecule has 0 aliphatic carbocycles. The number of hydrogen-bond donors (Lipinski definition) is 1. The van der Waals surface area contributed by atoms with Gasteiger partial charge in [0.2, 0.25) is 5.91 Å². The van der Waals surface area contributed by atoms with Crippen molar-refractivity contribution in [2.24, 2.45) is 11.8 Å². The summed E-state index contributed by atoms with van der Waals surface area (Å²) in [6.07, 6.45) is -1.84. The lowest BCUT2D eigenvalue weighted by Crippen LogP contribution is -2.68. The highest BCUT2D eigenvalue weighted by Gasteiger charge is 2.57. The zero-order valence-electron chi connectivity index (χ0n) is 22.9. The van der Waals surface area contributed by atoms with Gasteiger partial charge in [0.05, 0.1) is 38.1 Å². The summed E-state index contributed by atoms with van der Waals surface area (Å²) in [7, 11) is 3.13. The maximum atomic E-state index is 13.8. The number of carboxylic acids is 1. The van der Waals surface area contributed by atoms with Gasteiger partial charge in [0, 0.05) is 0 Å². The molecule has 1 saturated heterocycles. The van der Waals surface area contributed by atoms with E-state index < -0.39 is 42.1 Å². The molecule has 3 aromatic rings. The lowest BCUT2D eigenvalue weighted by Gasteiger charge is -2.54. The van der Waals surface area contributed by atoms with E-state index in [1.165, 1.54) is 0 Å². The van der Waals surface area contributed by atoms with Crippen LogP contribution in [0.3, 0.4) is 0 Å². The third-order valence-corrected chi connectivity index (χ3v) is 7.26.